The van der Waals surface area contributed by atoms with Crippen molar-refractivity contribution in [2.24, 2.45) is 0 Å². The van der Waals surface area contributed by atoms with Gasteiger partial charge in [0.15, 0.2) is 0 Å². The van der Waals surface area contributed by atoms with Crippen LogP contribution in [0.15, 0.2) is 41.3 Å². The molecule has 2 aromatic rings. The first-order chi connectivity index (χ1) is 14.8. The van der Waals surface area contributed by atoms with Crippen LogP contribution >= 0.6 is 11.6 Å². The molecule has 1 N–H and O–H groups in total. The molecule has 0 spiro atoms. The first-order valence-electron chi connectivity index (χ1n) is 10.3. The van der Waals surface area contributed by atoms with E-state index in [4.69, 9.17) is 16.3 Å². The molecule has 0 radical (unpaired) electrons. The van der Waals surface area contributed by atoms with Crippen LogP contribution in [0, 0.1) is 6.92 Å². The minimum absolute atomic E-state index is 0.000869. The summed E-state index contributed by atoms with van der Waals surface area (Å²) < 4.78 is 33.4. The van der Waals surface area contributed by atoms with Gasteiger partial charge in [0.05, 0.1) is 7.11 Å². The molecule has 0 aromatic heterocycles. The van der Waals surface area contributed by atoms with Crippen LogP contribution < -0.4 is 14.4 Å². The number of methoxy groups -OCH3 is 1. The van der Waals surface area contributed by atoms with E-state index in [0.717, 1.165) is 24.1 Å². The number of halogens is 1. The van der Waals surface area contributed by atoms with Gasteiger partial charge in [-0.25, -0.2) is 13.1 Å². The van der Waals surface area contributed by atoms with Crippen LogP contribution in [0.4, 0.5) is 5.69 Å². The molecule has 4 rings (SSSR count). The van der Waals surface area contributed by atoms with Crippen molar-refractivity contribution in [3.8, 4) is 5.75 Å². The largest absolute Gasteiger partial charge is 0.495 e. The number of hydrogen-bond donors (Lipinski definition) is 1. The molecule has 1 saturated carbocycles. The summed E-state index contributed by atoms with van der Waals surface area (Å²) in [6, 6.07) is 10.3. The van der Waals surface area contributed by atoms with Gasteiger partial charge >= 0.3 is 0 Å². The Morgan fingerprint density at radius 3 is 2.45 bits per heavy atom. The fraction of sp³-hybridized carbons (Fsp3) is 0.409. The Hall–Kier alpha value is -2.29. The average molecular weight is 464 g/mol. The van der Waals surface area contributed by atoms with Crippen LogP contribution in [-0.4, -0.2) is 58.6 Å². The molecule has 2 aliphatic rings. The van der Waals surface area contributed by atoms with Gasteiger partial charge < -0.3 is 14.5 Å². The molecule has 1 aliphatic heterocycles. The highest BCUT2D eigenvalue weighted by Gasteiger charge is 2.31. The Kier molecular flexibility index (Phi) is 6.14. The van der Waals surface area contributed by atoms with Crippen molar-refractivity contribution >= 4 is 33.2 Å². The molecule has 1 aliphatic carbocycles. The van der Waals surface area contributed by atoms with E-state index >= 15 is 0 Å². The van der Waals surface area contributed by atoms with E-state index in [1.807, 2.05) is 25.1 Å². The van der Waals surface area contributed by atoms with Gasteiger partial charge in [0.2, 0.25) is 10.0 Å². The van der Waals surface area contributed by atoms with E-state index in [9.17, 15) is 13.2 Å². The number of anilines is 1. The Labute approximate surface area is 188 Å². The Bertz CT molecular complexity index is 1090. The lowest BCUT2D eigenvalue weighted by molar-refractivity contribution is 0.0746. The van der Waals surface area contributed by atoms with E-state index in [2.05, 4.69) is 9.62 Å². The van der Waals surface area contributed by atoms with Gasteiger partial charge in [-0.2, -0.15) is 0 Å². The minimum atomic E-state index is -3.75. The standard InChI is InChI=1S/C22H26ClN3O4S/c1-15-3-5-17(23)14-19(15)25-9-11-26(12-10-25)22(27)16-4-8-20(30-2)21(13-16)31(28,29)24-18-6-7-18/h3-5,8,13-14,18,24H,6-7,9-12H2,1-2H3. The lowest BCUT2D eigenvalue weighted by atomic mass is 10.1. The second-order valence-corrected chi connectivity index (χ2v) is 10.1. The van der Waals surface area contributed by atoms with Gasteiger partial charge in [0, 0.05) is 48.5 Å². The summed E-state index contributed by atoms with van der Waals surface area (Å²) in [4.78, 5) is 17.1. The van der Waals surface area contributed by atoms with Crippen molar-refractivity contribution in [2.75, 3.05) is 38.2 Å². The number of nitrogens with zero attached hydrogens (tertiary/aromatic N) is 2. The molecule has 31 heavy (non-hydrogen) atoms. The lowest BCUT2D eigenvalue weighted by Crippen LogP contribution is -2.49. The number of carbonyl (C=O) groups is 1. The first-order valence-corrected chi connectivity index (χ1v) is 12.2. The van der Waals surface area contributed by atoms with Crippen molar-refractivity contribution in [1.82, 2.24) is 9.62 Å². The third kappa shape index (κ3) is 4.81. The minimum Gasteiger partial charge on any atom is -0.495 e. The molecule has 1 saturated heterocycles. The normalized spacial score (nSPS) is 17.0. The number of piperazine rings is 1. The number of carbonyl (C=O) groups excluding carboxylic acids is 1. The van der Waals surface area contributed by atoms with Crippen molar-refractivity contribution in [2.45, 2.75) is 30.7 Å². The molecule has 2 fully saturated rings. The number of ether oxygens (including phenoxy) is 1. The molecular weight excluding hydrogens is 438 g/mol. The summed E-state index contributed by atoms with van der Waals surface area (Å²) in [5, 5.41) is 0.686. The number of benzene rings is 2. The zero-order valence-electron chi connectivity index (χ0n) is 17.6. The molecule has 1 amide bonds. The quantitative estimate of drug-likeness (QED) is 0.712. The summed E-state index contributed by atoms with van der Waals surface area (Å²) in [7, 11) is -2.33. The maximum atomic E-state index is 13.1. The predicted octanol–water partition coefficient (Wildman–Crippen LogP) is 3.06. The van der Waals surface area contributed by atoms with Gasteiger partial charge in [-0.1, -0.05) is 17.7 Å². The molecule has 1 heterocycles. The molecule has 2 aromatic carbocycles. The number of sulfonamides is 1. The van der Waals surface area contributed by atoms with Crippen LogP contribution in [0.25, 0.3) is 0 Å². The maximum Gasteiger partial charge on any atom is 0.254 e. The van der Waals surface area contributed by atoms with Crippen LogP contribution in [0.3, 0.4) is 0 Å². The van der Waals surface area contributed by atoms with Gasteiger partial charge in [-0.3, -0.25) is 4.79 Å². The highest BCUT2D eigenvalue weighted by molar-refractivity contribution is 7.89. The fourth-order valence-electron chi connectivity index (χ4n) is 3.76. The number of hydrogen-bond acceptors (Lipinski definition) is 5. The monoisotopic (exact) mass is 463 g/mol. The predicted molar refractivity (Wildman–Crippen MR) is 121 cm³/mol. The Morgan fingerprint density at radius 2 is 1.81 bits per heavy atom. The van der Waals surface area contributed by atoms with Gasteiger partial charge in [0.1, 0.15) is 10.6 Å². The van der Waals surface area contributed by atoms with E-state index in [-0.39, 0.29) is 22.6 Å². The number of rotatable bonds is 6. The van der Waals surface area contributed by atoms with Gasteiger partial charge in [0.25, 0.3) is 5.91 Å². The van der Waals surface area contributed by atoms with Crippen molar-refractivity contribution < 1.29 is 17.9 Å². The number of aryl methyl sites for hydroxylation is 1. The summed E-state index contributed by atoms with van der Waals surface area (Å²) in [6.45, 7) is 4.48. The highest BCUT2D eigenvalue weighted by Crippen LogP contribution is 2.29. The second kappa shape index (κ2) is 8.68. The van der Waals surface area contributed by atoms with E-state index < -0.39 is 10.0 Å². The molecule has 9 heteroatoms. The van der Waals surface area contributed by atoms with Crippen molar-refractivity contribution in [3.63, 3.8) is 0 Å². The third-order valence-corrected chi connectivity index (χ3v) is 7.45. The van der Waals surface area contributed by atoms with E-state index in [1.165, 1.54) is 13.2 Å². The van der Waals surface area contributed by atoms with Gasteiger partial charge in [-0.05, 0) is 55.7 Å². The summed E-state index contributed by atoms with van der Waals surface area (Å²) in [6.07, 6.45) is 1.66. The molecule has 0 unspecified atom stereocenters. The zero-order valence-corrected chi connectivity index (χ0v) is 19.2. The van der Waals surface area contributed by atoms with Crippen LogP contribution in [0.2, 0.25) is 5.02 Å². The summed E-state index contributed by atoms with van der Waals surface area (Å²) in [5.41, 5.74) is 2.55. The third-order valence-electron chi connectivity index (χ3n) is 5.68. The van der Waals surface area contributed by atoms with Crippen molar-refractivity contribution in [3.05, 3.63) is 52.5 Å². The molecule has 0 bridgehead atoms. The van der Waals surface area contributed by atoms with Crippen LogP contribution in [-0.2, 0) is 10.0 Å². The first kappa shape index (κ1) is 21.9. The van der Waals surface area contributed by atoms with E-state index in [1.54, 1.807) is 17.0 Å². The Morgan fingerprint density at radius 1 is 1.10 bits per heavy atom. The molecule has 166 valence electrons. The average Bonchev–Trinajstić information content (AvgIpc) is 3.58. The Balaban J connectivity index is 1.50. The second-order valence-electron chi connectivity index (χ2n) is 7.97. The van der Waals surface area contributed by atoms with E-state index in [0.29, 0.717) is 36.8 Å². The van der Waals surface area contributed by atoms with Crippen LogP contribution in [0.5, 0.6) is 5.75 Å². The van der Waals surface area contributed by atoms with Crippen molar-refractivity contribution in [1.29, 1.82) is 0 Å². The molecule has 0 atom stereocenters. The molecule has 7 nitrogen and oxygen atoms in total. The fourth-order valence-corrected chi connectivity index (χ4v) is 5.43. The lowest BCUT2D eigenvalue weighted by Gasteiger charge is -2.37. The van der Waals surface area contributed by atoms with Crippen LogP contribution in [0.1, 0.15) is 28.8 Å². The summed E-state index contributed by atoms with van der Waals surface area (Å²) in [5.74, 6) is 0.0407. The number of nitrogens with one attached hydrogen (secondary N) is 1. The maximum absolute atomic E-state index is 13.1. The highest BCUT2D eigenvalue weighted by atomic mass is 35.5. The SMILES string of the molecule is COc1ccc(C(=O)N2CCN(c3cc(Cl)ccc3C)CC2)cc1S(=O)(=O)NC1CC1. The number of amides is 1. The zero-order chi connectivity index (χ0) is 22.2. The molecular formula is C22H26ClN3O4S. The summed E-state index contributed by atoms with van der Waals surface area (Å²) >= 11 is 6.15. The smallest absolute Gasteiger partial charge is 0.254 e. The van der Waals surface area contributed by atoms with Gasteiger partial charge in [-0.15, -0.1) is 0 Å². The topological polar surface area (TPSA) is 79.0 Å².